The van der Waals surface area contributed by atoms with Crippen LogP contribution >= 0.6 is 22.9 Å². The van der Waals surface area contributed by atoms with Crippen molar-refractivity contribution >= 4 is 63.2 Å². The van der Waals surface area contributed by atoms with Crippen LogP contribution in [-0.4, -0.2) is 29.3 Å². The Kier molecular flexibility index (Phi) is 8.34. The molecule has 0 radical (unpaired) electrons. The van der Waals surface area contributed by atoms with E-state index in [2.05, 4.69) is 15.6 Å². The maximum Gasteiger partial charge on any atom is 0.253 e. The summed E-state index contributed by atoms with van der Waals surface area (Å²) in [4.78, 5) is 43.0. The van der Waals surface area contributed by atoms with Crippen LogP contribution in [-0.2, 0) is 9.59 Å². The molecule has 7 nitrogen and oxygen atoms in total. The second-order valence-corrected chi connectivity index (χ2v) is 8.29. The Hall–Kier alpha value is -3.49. The molecule has 3 amide bonds. The molecular formula is C24H23ClN4O3S. The number of thiazole rings is 1. The molecule has 33 heavy (non-hydrogen) atoms. The Morgan fingerprint density at radius 2 is 1.91 bits per heavy atom. The fourth-order valence-corrected chi connectivity index (χ4v) is 3.97. The third-order valence-electron chi connectivity index (χ3n) is 4.46. The summed E-state index contributed by atoms with van der Waals surface area (Å²) in [5, 5.41) is 8.12. The quantitative estimate of drug-likeness (QED) is 0.428. The topological polar surface area (TPSA) is 91.4 Å². The summed E-state index contributed by atoms with van der Waals surface area (Å²) in [5.74, 6) is -0.899. The first-order valence-corrected chi connectivity index (χ1v) is 11.5. The fraction of sp³-hybridized carbons (Fsp3) is 0.167. The van der Waals surface area contributed by atoms with Crippen molar-refractivity contribution in [3.8, 4) is 0 Å². The first-order chi connectivity index (χ1) is 15.9. The summed E-state index contributed by atoms with van der Waals surface area (Å²) < 4.78 is 0. The third kappa shape index (κ3) is 6.50. The second-order valence-electron chi connectivity index (χ2n) is 7.01. The third-order valence-corrected chi connectivity index (χ3v) is 5.53. The molecule has 0 fully saturated rings. The van der Waals surface area contributed by atoms with Crippen LogP contribution in [0.15, 0.2) is 60.0 Å². The summed E-state index contributed by atoms with van der Waals surface area (Å²) in [5.41, 5.74) is 1.88. The minimum Gasteiger partial charge on any atom is -0.352 e. The maximum absolute atomic E-state index is 12.5. The standard InChI is InChI=1S/C24H23ClN4O3S/c1-3-13-26-23(32)20-11-9-17(25)14-21(20)28-22(31)12-10-18-15-33-24(27-18)29(16(2)30)19-7-5-4-6-8-19/h4-12,14-15H,3,13H2,1-2H3,(H,26,32)(H,28,31)/b12-10+. The van der Waals surface area contributed by atoms with E-state index >= 15 is 0 Å². The molecule has 9 heteroatoms. The molecule has 0 saturated heterocycles. The van der Waals surface area contributed by atoms with Gasteiger partial charge in [-0.15, -0.1) is 11.3 Å². The van der Waals surface area contributed by atoms with Crippen molar-refractivity contribution < 1.29 is 14.4 Å². The van der Waals surface area contributed by atoms with E-state index in [-0.39, 0.29) is 11.8 Å². The molecule has 0 aliphatic rings. The van der Waals surface area contributed by atoms with Gasteiger partial charge in [0.25, 0.3) is 5.91 Å². The van der Waals surface area contributed by atoms with E-state index in [1.807, 2.05) is 37.3 Å². The highest BCUT2D eigenvalue weighted by molar-refractivity contribution is 7.14. The average Bonchev–Trinajstić information content (AvgIpc) is 3.25. The van der Waals surface area contributed by atoms with E-state index in [9.17, 15) is 14.4 Å². The number of aromatic nitrogens is 1. The van der Waals surface area contributed by atoms with Crippen LogP contribution in [0.3, 0.4) is 0 Å². The molecule has 0 atom stereocenters. The van der Waals surface area contributed by atoms with E-state index in [0.717, 1.165) is 6.42 Å². The van der Waals surface area contributed by atoms with E-state index < -0.39 is 5.91 Å². The number of halogens is 1. The molecule has 1 aromatic heterocycles. The lowest BCUT2D eigenvalue weighted by atomic mass is 10.1. The molecule has 0 saturated carbocycles. The van der Waals surface area contributed by atoms with E-state index in [4.69, 9.17) is 11.6 Å². The van der Waals surface area contributed by atoms with E-state index in [1.54, 1.807) is 23.6 Å². The van der Waals surface area contributed by atoms with Crippen molar-refractivity contribution in [2.24, 2.45) is 0 Å². The van der Waals surface area contributed by atoms with Crippen LogP contribution < -0.4 is 15.5 Å². The van der Waals surface area contributed by atoms with Crippen LogP contribution in [0.25, 0.3) is 6.08 Å². The Labute approximate surface area is 201 Å². The first-order valence-electron chi connectivity index (χ1n) is 10.3. The average molecular weight is 483 g/mol. The van der Waals surface area contributed by atoms with Gasteiger partial charge in [0.05, 0.1) is 22.6 Å². The second kappa shape index (κ2) is 11.4. The molecule has 0 unspecified atom stereocenters. The number of hydrogen-bond donors (Lipinski definition) is 2. The molecule has 170 valence electrons. The summed E-state index contributed by atoms with van der Waals surface area (Å²) >= 11 is 7.34. The van der Waals surface area contributed by atoms with Crippen molar-refractivity contribution in [3.63, 3.8) is 0 Å². The summed E-state index contributed by atoms with van der Waals surface area (Å²) in [7, 11) is 0. The predicted octanol–water partition coefficient (Wildman–Crippen LogP) is 5.27. The van der Waals surface area contributed by atoms with Crippen LogP contribution in [0.2, 0.25) is 5.02 Å². The Balaban J connectivity index is 1.74. The predicted molar refractivity (Wildman–Crippen MR) is 133 cm³/mol. The van der Waals surface area contributed by atoms with Crippen LogP contribution in [0.4, 0.5) is 16.5 Å². The van der Waals surface area contributed by atoms with E-state index in [0.29, 0.717) is 39.3 Å². The number of amides is 3. The number of rotatable bonds is 8. The van der Waals surface area contributed by atoms with Crippen molar-refractivity contribution in [3.05, 3.63) is 76.3 Å². The molecule has 0 spiro atoms. The van der Waals surface area contributed by atoms with Gasteiger partial charge >= 0.3 is 0 Å². The fourth-order valence-electron chi connectivity index (χ4n) is 2.95. The molecule has 0 aliphatic heterocycles. The Morgan fingerprint density at radius 3 is 2.61 bits per heavy atom. The van der Waals surface area contributed by atoms with Crippen LogP contribution in [0, 0.1) is 0 Å². The lowest BCUT2D eigenvalue weighted by molar-refractivity contribution is -0.116. The summed E-state index contributed by atoms with van der Waals surface area (Å²) in [6.07, 6.45) is 3.65. The van der Waals surface area contributed by atoms with Gasteiger partial charge in [0.15, 0.2) is 5.13 Å². The number of carbonyl (C=O) groups excluding carboxylic acids is 3. The molecule has 1 heterocycles. The molecule has 2 N–H and O–H groups in total. The normalized spacial score (nSPS) is 10.8. The molecule has 3 rings (SSSR count). The molecule has 0 aliphatic carbocycles. The van der Waals surface area contributed by atoms with Crippen molar-refractivity contribution in [2.45, 2.75) is 20.3 Å². The highest BCUT2D eigenvalue weighted by atomic mass is 35.5. The first kappa shape index (κ1) is 24.2. The van der Waals surface area contributed by atoms with Crippen LogP contribution in [0.1, 0.15) is 36.3 Å². The van der Waals surface area contributed by atoms with Gasteiger partial charge < -0.3 is 10.6 Å². The number of nitrogens with one attached hydrogen (secondary N) is 2. The highest BCUT2D eigenvalue weighted by Crippen LogP contribution is 2.29. The number of hydrogen-bond acceptors (Lipinski definition) is 5. The van der Waals surface area contributed by atoms with Gasteiger partial charge in [-0.05, 0) is 42.8 Å². The zero-order valence-electron chi connectivity index (χ0n) is 18.2. The largest absolute Gasteiger partial charge is 0.352 e. The smallest absolute Gasteiger partial charge is 0.253 e. The van der Waals surface area contributed by atoms with Gasteiger partial charge in [-0.25, -0.2) is 4.98 Å². The number of para-hydroxylation sites is 1. The lowest BCUT2D eigenvalue weighted by Gasteiger charge is -2.17. The van der Waals surface area contributed by atoms with Crippen LogP contribution in [0.5, 0.6) is 0 Å². The number of nitrogens with zero attached hydrogens (tertiary/aromatic N) is 2. The van der Waals surface area contributed by atoms with Gasteiger partial charge in [0.1, 0.15) is 0 Å². The minimum atomic E-state index is -0.442. The van der Waals surface area contributed by atoms with Gasteiger partial charge in [0.2, 0.25) is 11.8 Å². The van der Waals surface area contributed by atoms with Gasteiger partial charge in [-0.1, -0.05) is 36.7 Å². The number of carbonyl (C=O) groups is 3. The van der Waals surface area contributed by atoms with Crippen molar-refractivity contribution in [1.82, 2.24) is 10.3 Å². The number of anilines is 3. The Bertz CT molecular complexity index is 1180. The van der Waals surface area contributed by atoms with Gasteiger partial charge in [0, 0.05) is 29.9 Å². The highest BCUT2D eigenvalue weighted by Gasteiger charge is 2.17. The molecule has 0 bridgehead atoms. The maximum atomic E-state index is 12.5. The SMILES string of the molecule is CCCNC(=O)c1ccc(Cl)cc1NC(=O)/C=C/c1csc(N(C(C)=O)c2ccccc2)n1. The summed E-state index contributed by atoms with van der Waals surface area (Å²) in [6.45, 7) is 3.95. The van der Waals surface area contributed by atoms with Crippen molar-refractivity contribution in [2.75, 3.05) is 16.8 Å². The zero-order chi connectivity index (χ0) is 23.8. The molecular weight excluding hydrogens is 460 g/mol. The summed E-state index contributed by atoms with van der Waals surface area (Å²) in [6, 6.07) is 13.9. The van der Waals surface area contributed by atoms with E-state index in [1.165, 1.54) is 35.3 Å². The lowest BCUT2D eigenvalue weighted by Crippen LogP contribution is -2.25. The zero-order valence-corrected chi connectivity index (χ0v) is 19.7. The molecule has 3 aromatic rings. The van der Waals surface area contributed by atoms with Crippen molar-refractivity contribution in [1.29, 1.82) is 0 Å². The van der Waals surface area contributed by atoms with Gasteiger partial charge in [-0.3, -0.25) is 19.3 Å². The number of benzene rings is 2. The minimum absolute atomic E-state index is 0.168. The Morgan fingerprint density at radius 1 is 1.15 bits per heavy atom. The van der Waals surface area contributed by atoms with Gasteiger partial charge in [-0.2, -0.15) is 0 Å². The molecule has 2 aromatic carbocycles. The monoisotopic (exact) mass is 482 g/mol.